The van der Waals surface area contributed by atoms with Crippen molar-refractivity contribution in [1.82, 2.24) is 0 Å². The summed E-state index contributed by atoms with van der Waals surface area (Å²) in [6, 6.07) is -9.12. The van der Waals surface area contributed by atoms with Crippen LogP contribution in [0.2, 0.25) is 0 Å². The topological polar surface area (TPSA) is 880 Å². The molecule has 9 saturated heterocycles. The van der Waals surface area contributed by atoms with E-state index in [0.717, 1.165) is 0 Å². The average Bonchev–Trinajstić information content (AvgIpc) is 1.74. The van der Waals surface area contributed by atoms with Gasteiger partial charge in [-0.2, -0.15) is 0 Å². The summed E-state index contributed by atoms with van der Waals surface area (Å²) in [4.78, 5) is 0. The zero-order valence-corrected chi connectivity index (χ0v) is 71.1. The van der Waals surface area contributed by atoms with Crippen LogP contribution in [0.15, 0.2) is 0 Å². The molecule has 3 saturated carbocycles. The van der Waals surface area contributed by atoms with Gasteiger partial charge in [0.1, 0.15) is 135 Å². The van der Waals surface area contributed by atoms with E-state index in [2.05, 4.69) is 0 Å². The van der Waals surface area contributed by atoms with Crippen molar-refractivity contribution in [2.75, 3.05) is 52.7 Å². The summed E-state index contributed by atoms with van der Waals surface area (Å²) in [5, 5.41) is 169. The molecule has 3 aliphatic carbocycles. The van der Waals surface area contributed by atoms with E-state index in [4.69, 9.17) is 171 Å². The van der Waals surface area contributed by atoms with Crippen molar-refractivity contribution in [3.05, 3.63) is 0 Å². The van der Waals surface area contributed by atoms with Gasteiger partial charge in [0, 0.05) is 80.2 Å². The summed E-state index contributed by atoms with van der Waals surface area (Å²) in [5.74, 6) is -2.19. The number of alkyl halides is 3. The number of ether oxygens (including phenoxy) is 18. The van der Waals surface area contributed by atoms with Crippen LogP contribution < -0.4 is 86.0 Å². The fourth-order valence-corrected chi connectivity index (χ4v) is 18.1. The van der Waals surface area contributed by atoms with E-state index in [0.29, 0.717) is 25.7 Å². The van der Waals surface area contributed by atoms with Crippen LogP contribution in [0.1, 0.15) is 78.6 Å². The highest BCUT2D eigenvalue weighted by Gasteiger charge is 2.59. The molecule has 12 aliphatic rings. The second-order valence-electron chi connectivity index (χ2n) is 35.5. The third-order valence-electron chi connectivity index (χ3n) is 26.3. The molecule has 52 heteroatoms. The minimum atomic E-state index is -2.83. The zero-order valence-electron chi connectivity index (χ0n) is 71.1. The van der Waals surface area contributed by atoms with Gasteiger partial charge in [0.05, 0.1) is 111 Å². The van der Waals surface area contributed by atoms with Crippen LogP contribution in [0.5, 0.6) is 0 Å². The van der Waals surface area contributed by atoms with Crippen LogP contribution in [0.4, 0.5) is 13.2 Å². The largest absolute Gasteiger partial charge is 0.394 e. The lowest BCUT2D eigenvalue weighted by atomic mass is 9.84. The average molecular weight is 1860 g/mol. The Balaban J connectivity index is 0.000000199. The van der Waals surface area contributed by atoms with Crippen LogP contribution in [0.25, 0.3) is 0 Å². The van der Waals surface area contributed by atoms with Gasteiger partial charge in [-0.25, -0.2) is 13.2 Å². The molecule has 54 unspecified atom stereocenters. The standard InChI is InChI=1S/C25H47F2N5O11.C25H48FN5O11.C25H49N5O12/c1-7-15(34)17(36)12(5-28)39-23(7)42-20-13(6-33)40-25(18(20)37)43-21-16(35)9(30)4-10(31)19(21)41-24-8(29)2-3-11(38-24)14(32)22(26)27;1-8-16(33)18(35)14(6-27)38-23(8)41-21-15(7-32)39-25(19(21)36)42-22-17(34)10(29)4-11(30)20(22)40-24-9(28)2-3-13(37-24)12(31)5-26;1-8-16(33)18(35)14(6-27)38-23(8)41-21-15(7-31)39-25(19(21)36)42-22-17(34)10(29)4-11(30)20(22)40-24-9(28)2-3-13(37-24)12(32)5-26/h7-25,33-37H,2-6,28-32H2,1H3;8-25,32-36H,2-7,27-31H2,1H3;8-25,31-36H,2-7,26-30H2,1H3. The molecule has 0 aromatic carbocycles. The summed E-state index contributed by atoms with van der Waals surface area (Å²) in [6.45, 7) is 1.86. The maximum atomic E-state index is 13.2. The van der Waals surface area contributed by atoms with Crippen LogP contribution in [-0.4, -0.2) is 453 Å². The second kappa shape index (κ2) is 47.7. The third kappa shape index (κ3) is 24.7. The summed E-state index contributed by atoms with van der Waals surface area (Å²) in [5.41, 5.74) is 90.0. The van der Waals surface area contributed by atoms with Crippen LogP contribution in [0, 0.1) is 17.8 Å². The minimum Gasteiger partial charge on any atom is -0.394 e. The lowest BCUT2D eigenvalue weighted by molar-refractivity contribution is -0.298. The van der Waals surface area contributed by atoms with Crippen molar-refractivity contribution < 1.29 is 180 Å². The number of rotatable bonds is 30. The van der Waals surface area contributed by atoms with Gasteiger partial charge >= 0.3 is 0 Å². The molecule has 9 aliphatic heterocycles. The smallest absolute Gasteiger partial charge is 0.256 e. The van der Waals surface area contributed by atoms with Gasteiger partial charge in [-0.15, -0.1) is 0 Å². The summed E-state index contributed by atoms with van der Waals surface area (Å²) in [7, 11) is 0. The molecular weight excluding hydrogens is 1710 g/mol. The van der Waals surface area contributed by atoms with E-state index in [-0.39, 0.29) is 58.3 Å². The normalized spacial score (nSPS) is 50.7. The van der Waals surface area contributed by atoms with Crippen molar-refractivity contribution >= 4 is 0 Å². The Labute approximate surface area is 731 Å². The Morgan fingerprint density at radius 3 is 0.835 bits per heavy atom. The number of hydrogen-bond acceptors (Lipinski definition) is 49. The van der Waals surface area contributed by atoms with Crippen LogP contribution in [0.3, 0.4) is 0 Å². The Morgan fingerprint density at radius 1 is 0.299 bits per heavy atom. The number of halogens is 3. The monoisotopic (exact) mass is 1860 g/mol. The summed E-state index contributed by atoms with van der Waals surface area (Å²) < 4.78 is 146. The fourth-order valence-electron chi connectivity index (χ4n) is 18.1. The molecule has 54 atom stereocenters. The second-order valence-corrected chi connectivity index (χ2v) is 35.5. The third-order valence-corrected chi connectivity index (χ3v) is 26.3. The van der Waals surface area contributed by atoms with Crippen molar-refractivity contribution in [2.24, 2.45) is 104 Å². The molecule has 0 spiro atoms. The van der Waals surface area contributed by atoms with E-state index in [1.165, 1.54) is 0 Å². The van der Waals surface area contributed by atoms with Gasteiger partial charge in [0.25, 0.3) is 6.43 Å². The Bertz CT molecular complexity index is 3100. The van der Waals surface area contributed by atoms with Crippen molar-refractivity contribution in [3.63, 3.8) is 0 Å². The number of aliphatic hydroxyl groups is 16. The Kier molecular flexibility index (Phi) is 40.2. The maximum Gasteiger partial charge on any atom is 0.256 e. The van der Waals surface area contributed by atoms with Gasteiger partial charge in [-0.1, -0.05) is 20.8 Å². The molecule has 0 radical (unpaired) electrons. The molecule has 0 aromatic heterocycles. The summed E-state index contributed by atoms with van der Waals surface area (Å²) in [6.07, 6.45) is -47.0. The summed E-state index contributed by atoms with van der Waals surface area (Å²) >= 11 is 0. The predicted molar refractivity (Wildman–Crippen MR) is 426 cm³/mol. The molecular formula is C75H144F3N15O34. The van der Waals surface area contributed by atoms with Gasteiger partial charge < -0.3 is 253 Å². The lowest BCUT2D eigenvalue weighted by Gasteiger charge is -2.46. The van der Waals surface area contributed by atoms with E-state index in [1.54, 1.807) is 20.8 Å². The van der Waals surface area contributed by atoms with Gasteiger partial charge in [0.15, 0.2) is 56.6 Å². The highest BCUT2D eigenvalue weighted by molar-refractivity contribution is 5.06. The van der Waals surface area contributed by atoms with Gasteiger partial charge in [0.2, 0.25) is 0 Å². The zero-order chi connectivity index (χ0) is 93.5. The highest BCUT2D eigenvalue weighted by Crippen LogP contribution is 2.42. The molecule has 12 rings (SSSR count). The van der Waals surface area contributed by atoms with Crippen molar-refractivity contribution in [1.29, 1.82) is 0 Å². The first-order valence-electron chi connectivity index (χ1n) is 43.5. The number of hydrogen-bond donors (Lipinski definition) is 31. The number of nitrogens with two attached hydrogens (primary N) is 15. The molecule has 0 aromatic rings. The van der Waals surface area contributed by atoms with Gasteiger partial charge in [-0.3, -0.25) is 0 Å². The highest BCUT2D eigenvalue weighted by atomic mass is 19.3. The van der Waals surface area contributed by atoms with E-state index in [9.17, 15) is 94.9 Å². The van der Waals surface area contributed by atoms with E-state index in [1.807, 2.05) is 0 Å². The van der Waals surface area contributed by atoms with Crippen molar-refractivity contribution in [3.8, 4) is 0 Å². The van der Waals surface area contributed by atoms with E-state index >= 15 is 0 Å². The van der Waals surface area contributed by atoms with E-state index < -0.39 is 363 Å². The number of aliphatic hydroxyl groups excluding tert-OH is 16. The molecule has 12 fully saturated rings. The SMILES string of the molecule is CC1C(OC2C(CO)OC(OC3C(O)C(N)CC(N)C3OC3OC(C(N)C(F)F)CCC3N)C2O)OC(CN)C(O)C1O.CC1C(OC2C(CO)OC(OC3C(O)C(N)CC(N)C3OC3OC(C(N)CF)CCC3N)C2O)OC(CN)C(O)C1O.CC1C(OC2C(CO)OC(OC3C(O)C(N)CC(N)C3OC3OC(C(O)CN)CCC3N)C2O)OC(CN)C(O)C1O. The molecule has 0 amide bonds. The maximum absolute atomic E-state index is 13.2. The van der Waals surface area contributed by atoms with Crippen molar-refractivity contribution in [2.45, 2.75) is 397 Å². The first-order chi connectivity index (χ1) is 60.1. The fraction of sp³-hybridized carbons (Fsp3) is 1.00. The quantitative estimate of drug-likeness (QED) is 0.0318. The molecule has 49 nitrogen and oxygen atoms in total. The van der Waals surface area contributed by atoms with Crippen LogP contribution in [-0.2, 0) is 85.3 Å². The van der Waals surface area contributed by atoms with Gasteiger partial charge in [-0.05, 0) is 57.8 Å². The minimum absolute atomic E-state index is 0.0157. The Hall–Kier alpha value is -2.17. The van der Waals surface area contributed by atoms with Crippen LogP contribution >= 0.6 is 0 Å². The molecule has 9 heterocycles. The predicted octanol–water partition coefficient (Wildman–Crippen LogP) is -16.3. The molecule has 744 valence electrons. The Morgan fingerprint density at radius 2 is 0.559 bits per heavy atom. The molecule has 127 heavy (non-hydrogen) atoms. The molecule has 0 bridgehead atoms. The lowest BCUT2D eigenvalue weighted by Crippen LogP contribution is -2.65. The first-order valence-corrected chi connectivity index (χ1v) is 43.5. The molecule has 46 N–H and O–H groups in total. The first kappa shape index (κ1) is 107.